The Hall–Kier alpha value is -2.49. The van der Waals surface area contributed by atoms with Crippen LogP contribution in [0.15, 0.2) is 48.7 Å². The molecule has 0 spiro atoms. The van der Waals surface area contributed by atoms with Crippen LogP contribution in [0.4, 0.5) is 5.82 Å². The fraction of sp³-hybridized carbons (Fsp3) is 0.133. The molecule has 94 valence electrons. The van der Waals surface area contributed by atoms with Gasteiger partial charge in [0.1, 0.15) is 5.82 Å². The van der Waals surface area contributed by atoms with Crippen molar-refractivity contribution in [3.05, 3.63) is 48.7 Å². The number of pyridine rings is 1. The summed E-state index contributed by atoms with van der Waals surface area (Å²) in [5.74, 6) is 0.881. The average Bonchev–Trinajstić information content (AvgIpc) is 2.47. The van der Waals surface area contributed by atoms with Crippen LogP contribution in [0, 0.1) is 0 Å². The summed E-state index contributed by atoms with van der Waals surface area (Å²) in [5.41, 5.74) is 2.96. The monoisotopic (exact) mass is 250 g/mol. The molecule has 0 aliphatic carbocycles. The highest BCUT2D eigenvalue weighted by atomic mass is 15.2. The van der Waals surface area contributed by atoms with Crippen LogP contribution in [0.2, 0.25) is 0 Å². The second kappa shape index (κ2) is 4.65. The van der Waals surface area contributed by atoms with E-state index >= 15 is 0 Å². The van der Waals surface area contributed by atoms with Gasteiger partial charge in [0.25, 0.3) is 0 Å². The lowest BCUT2D eigenvalue weighted by atomic mass is 10.0. The number of hydrogen-bond acceptors (Lipinski definition) is 4. The molecule has 4 nitrogen and oxygen atoms in total. The zero-order chi connectivity index (χ0) is 13.2. The molecule has 3 rings (SSSR count). The number of hydrogen-bond donors (Lipinski definition) is 0. The number of benzene rings is 1. The zero-order valence-electron chi connectivity index (χ0n) is 10.9. The molecule has 0 atom stereocenters. The van der Waals surface area contributed by atoms with Crippen molar-refractivity contribution in [1.29, 1.82) is 0 Å². The summed E-state index contributed by atoms with van der Waals surface area (Å²) in [6, 6.07) is 14.3. The number of anilines is 1. The minimum atomic E-state index is 0.674. The van der Waals surface area contributed by atoms with Crippen molar-refractivity contribution in [3.8, 4) is 11.1 Å². The van der Waals surface area contributed by atoms with Gasteiger partial charge in [-0.15, -0.1) is 5.10 Å². The standard InChI is InChI=1S/C15H14N4/c1-19(2)14-10-13(11-6-4-3-5-7-11)12-8-9-16-18-15(12)17-14/h3-10H,1-2H3. The smallest absolute Gasteiger partial charge is 0.184 e. The van der Waals surface area contributed by atoms with E-state index in [1.807, 2.05) is 43.3 Å². The van der Waals surface area contributed by atoms with Gasteiger partial charge < -0.3 is 4.90 Å². The molecule has 0 aliphatic rings. The molecule has 0 aliphatic heterocycles. The second-order valence-electron chi connectivity index (χ2n) is 4.56. The molecule has 0 amide bonds. The molecule has 3 aromatic rings. The zero-order valence-corrected chi connectivity index (χ0v) is 10.9. The minimum absolute atomic E-state index is 0.674. The second-order valence-corrected chi connectivity index (χ2v) is 4.56. The van der Waals surface area contributed by atoms with Crippen molar-refractivity contribution in [3.63, 3.8) is 0 Å². The van der Waals surface area contributed by atoms with Crippen molar-refractivity contribution in [2.24, 2.45) is 0 Å². The van der Waals surface area contributed by atoms with Gasteiger partial charge in [0, 0.05) is 19.5 Å². The number of rotatable bonds is 2. The van der Waals surface area contributed by atoms with E-state index in [4.69, 9.17) is 0 Å². The van der Waals surface area contributed by atoms with Crippen LogP contribution in [0.3, 0.4) is 0 Å². The third kappa shape index (κ3) is 2.12. The molecule has 2 aromatic heterocycles. The van der Waals surface area contributed by atoms with Crippen molar-refractivity contribution in [1.82, 2.24) is 15.2 Å². The molecule has 0 saturated heterocycles. The van der Waals surface area contributed by atoms with E-state index in [-0.39, 0.29) is 0 Å². The van der Waals surface area contributed by atoms with Crippen LogP contribution >= 0.6 is 0 Å². The van der Waals surface area contributed by atoms with Gasteiger partial charge in [0.2, 0.25) is 0 Å². The van der Waals surface area contributed by atoms with Crippen LogP contribution in [0.25, 0.3) is 22.2 Å². The first kappa shape index (κ1) is 11.6. The van der Waals surface area contributed by atoms with Crippen molar-refractivity contribution in [2.75, 3.05) is 19.0 Å². The van der Waals surface area contributed by atoms with Crippen LogP contribution in [-0.4, -0.2) is 29.3 Å². The molecule has 0 fully saturated rings. The third-order valence-corrected chi connectivity index (χ3v) is 3.03. The van der Waals surface area contributed by atoms with E-state index in [9.17, 15) is 0 Å². The summed E-state index contributed by atoms with van der Waals surface area (Å²) in [4.78, 5) is 6.49. The van der Waals surface area contributed by atoms with Crippen molar-refractivity contribution in [2.45, 2.75) is 0 Å². The van der Waals surface area contributed by atoms with Gasteiger partial charge in [-0.1, -0.05) is 30.3 Å². The Morgan fingerprint density at radius 1 is 1.00 bits per heavy atom. The van der Waals surface area contributed by atoms with Crippen LogP contribution in [0.5, 0.6) is 0 Å². The van der Waals surface area contributed by atoms with Gasteiger partial charge >= 0.3 is 0 Å². The largest absolute Gasteiger partial charge is 0.363 e. The Bertz CT molecular complexity index is 708. The van der Waals surface area contributed by atoms with Crippen molar-refractivity contribution < 1.29 is 0 Å². The van der Waals surface area contributed by atoms with Gasteiger partial charge in [-0.05, 0) is 23.3 Å². The number of aromatic nitrogens is 3. The number of fused-ring (bicyclic) bond motifs is 1. The first-order valence-corrected chi connectivity index (χ1v) is 6.11. The van der Waals surface area contributed by atoms with Crippen molar-refractivity contribution >= 4 is 16.9 Å². The first-order chi connectivity index (χ1) is 9.25. The maximum Gasteiger partial charge on any atom is 0.184 e. The minimum Gasteiger partial charge on any atom is -0.363 e. The lowest BCUT2D eigenvalue weighted by Gasteiger charge is -2.14. The Morgan fingerprint density at radius 3 is 2.53 bits per heavy atom. The molecular formula is C15H14N4. The van der Waals surface area contributed by atoms with E-state index in [2.05, 4.69) is 33.4 Å². The van der Waals surface area contributed by atoms with Crippen LogP contribution < -0.4 is 4.90 Å². The Labute approximate surface area is 111 Å². The molecule has 2 heterocycles. The first-order valence-electron chi connectivity index (χ1n) is 6.11. The maximum atomic E-state index is 4.51. The third-order valence-electron chi connectivity index (χ3n) is 3.03. The van der Waals surface area contributed by atoms with Gasteiger partial charge in [-0.3, -0.25) is 0 Å². The number of nitrogens with zero attached hydrogens (tertiary/aromatic N) is 4. The van der Waals surface area contributed by atoms with Crippen LogP contribution in [-0.2, 0) is 0 Å². The summed E-state index contributed by atoms with van der Waals surface area (Å²) in [6.07, 6.45) is 1.70. The van der Waals surface area contributed by atoms with E-state index in [1.165, 1.54) is 0 Å². The fourth-order valence-electron chi connectivity index (χ4n) is 2.05. The molecule has 0 unspecified atom stereocenters. The average molecular weight is 250 g/mol. The van der Waals surface area contributed by atoms with Gasteiger partial charge in [-0.2, -0.15) is 5.10 Å². The SMILES string of the molecule is CN(C)c1cc(-c2ccccc2)c2ccnnc2n1. The Balaban J connectivity index is 2.33. The molecule has 4 heteroatoms. The van der Waals surface area contributed by atoms with Gasteiger partial charge in [-0.25, -0.2) is 4.98 Å². The van der Waals surface area contributed by atoms with Crippen LogP contribution in [0.1, 0.15) is 0 Å². The summed E-state index contributed by atoms with van der Waals surface area (Å²) in [5, 5.41) is 9.06. The summed E-state index contributed by atoms with van der Waals surface area (Å²) >= 11 is 0. The molecule has 1 aromatic carbocycles. The highest BCUT2D eigenvalue weighted by Crippen LogP contribution is 2.29. The van der Waals surface area contributed by atoms with E-state index in [0.29, 0.717) is 5.65 Å². The van der Waals surface area contributed by atoms with E-state index in [1.54, 1.807) is 6.20 Å². The Morgan fingerprint density at radius 2 is 1.79 bits per heavy atom. The molecule has 0 N–H and O–H groups in total. The molecular weight excluding hydrogens is 236 g/mol. The molecule has 0 bridgehead atoms. The van der Waals surface area contributed by atoms with Gasteiger partial charge in [0.15, 0.2) is 5.65 Å². The summed E-state index contributed by atoms with van der Waals surface area (Å²) in [7, 11) is 3.94. The predicted octanol–water partition coefficient (Wildman–Crippen LogP) is 2.76. The molecule has 0 saturated carbocycles. The molecule has 19 heavy (non-hydrogen) atoms. The lowest BCUT2D eigenvalue weighted by molar-refractivity contribution is 1.03. The topological polar surface area (TPSA) is 41.9 Å². The molecule has 0 radical (unpaired) electrons. The maximum absolute atomic E-state index is 4.51. The predicted molar refractivity (Wildman–Crippen MR) is 77.1 cm³/mol. The summed E-state index contributed by atoms with van der Waals surface area (Å²) in [6.45, 7) is 0. The Kier molecular flexibility index (Phi) is 2.83. The summed E-state index contributed by atoms with van der Waals surface area (Å²) < 4.78 is 0. The highest BCUT2D eigenvalue weighted by Gasteiger charge is 2.09. The quantitative estimate of drug-likeness (QED) is 0.701. The lowest BCUT2D eigenvalue weighted by Crippen LogP contribution is -2.11. The normalized spacial score (nSPS) is 10.6. The van der Waals surface area contributed by atoms with Gasteiger partial charge in [0.05, 0.1) is 6.20 Å². The van der Waals surface area contributed by atoms with E-state index < -0.39 is 0 Å². The highest BCUT2D eigenvalue weighted by molar-refractivity contribution is 5.93. The van der Waals surface area contributed by atoms with E-state index in [0.717, 1.165) is 22.3 Å². The fourth-order valence-corrected chi connectivity index (χ4v) is 2.05.